The van der Waals surface area contributed by atoms with E-state index in [0.717, 1.165) is 0 Å². The maximum atomic E-state index is 11.1. The van der Waals surface area contributed by atoms with Crippen LogP contribution >= 0.6 is 15.9 Å². The Morgan fingerprint density at radius 2 is 1.90 bits per heavy atom. The standard InChI is InChI=1S/C13H8BrNO5/c14-8-5-6-11(9(7-8)13(16)17)20-12-4-2-1-3-10(12)15(18)19/h1-7H,(H,16,17). The number of carboxylic acid groups (broad SMARTS) is 1. The first-order chi connectivity index (χ1) is 9.49. The van der Waals surface area contributed by atoms with Crippen molar-refractivity contribution in [2.24, 2.45) is 0 Å². The van der Waals surface area contributed by atoms with Gasteiger partial charge in [-0.2, -0.15) is 0 Å². The molecule has 0 unspecified atom stereocenters. The number of para-hydroxylation sites is 2. The average molecular weight is 338 g/mol. The number of ether oxygens (including phenoxy) is 1. The Hall–Kier alpha value is -2.41. The maximum absolute atomic E-state index is 11.1. The van der Waals surface area contributed by atoms with E-state index in [1.54, 1.807) is 12.1 Å². The summed E-state index contributed by atoms with van der Waals surface area (Å²) in [6.45, 7) is 0. The molecular formula is C13H8BrNO5. The van der Waals surface area contributed by atoms with E-state index < -0.39 is 10.9 Å². The molecule has 1 N–H and O–H groups in total. The minimum Gasteiger partial charge on any atom is -0.478 e. The SMILES string of the molecule is O=C(O)c1cc(Br)ccc1Oc1ccccc1[N+](=O)[O-]. The number of carboxylic acids is 1. The fourth-order valence-corrected chi connectivity index (χ4v) is 1.93. The topological polar surface area (TPSA) is 89.7 Å². The molecule has 2 aromatic rings. The van der Waals surface area contributed by atoms with Gasteiger partial charge in [0.2, 0.25) is 5.75 Å². The third-order valence-corrected chi connectivity index (χ3v) is 2.95. The summed E-state index contributed by atoms with van der Waals surface area (Å²) in [4.78, 5) is 21.4. The van der Waals surface area contributed by atoms with Crippen LogP contribution in [-0.4, -0.2) is 16.0 Å². The van der Waals surface area contributed by atoms with E-state index >= 15 is 0 Å². The van der Waals surface area contributed by atoms with Gasteiger partial charge in [-0.05, 0) is 24.3 Å². The fourth-order valence-electron chi connectivity index (χ4n) is 1.57. The first-order valence-electron chi connectivity index (χ1n) is 5.43. The van der Waals surface area contributed by atoms with Gasteiger partial charge >= 0.3 is 11.7 Å². The summed E-state index contributed by atoms with van der Waals surface area (Å²) in [6.07, 6.45) is 0. The normalized spacial score (nSPS) is 10.1. The molecule has 2 aromatic carbocycles. The van der Waals surface area contributed by atoms with E-state index in [1.165, 1.54) is 30.3 Å². The summed E-state index contributed by atoms with van der Waals surface area (Å²) in [7, 11) is 0. The number of nitro benzene ring substituents is 1. The lowest BCUT2D eigenvalue weighted by molar-refractivity contribution is -0.385. The van der Waals surface area contributed by atoms with Crippen LogP contribution in [0.1, 0.15) is 10.4 Å². The molecule has 0 atom stereocenters. The summed E-state index contributed by atoms with van der Waals surface area (Å²) in [5.74, 6) is -1.16. The largest absolute Gasteiger partial charge is 0.478 e. The Bertz CT molecular complexity index is 686. The molecule has 0 aromatic heterocycles. The number of benzene rings is 2. The van der Waals surface area contributed by atoms with Gasteiger partial charge in [-0.15, -0.1) is 0 Å². The monoisotopic (exact) mass is 337 g/mol. The molecule has 0 radical (unpaired) electrons. The van der Waals surface area contributed by atoms with Gasteiger partial charge in [0.05, 0.1) is 4.92 Å². The number of nitro groups is 1. The minimum absolute atomic E-state index is 0.0117. The second-order valence-electron chi connectivity index (χ2n) is 3.77. The molecule has 0 amide bonds. The molecule has 7 heteroatoms. The van der Waals surface area contributed by atoms with Crippen molar-refractivity contribution in [2.75, 3.05) is 0 Å². The van der Waals surface area contributed by atoms with E-state index in [-0.39, 0.29) is 22.7 Å². The molecule has 0 aliphatic carbocycles. The van der Waals surface area contributed by atoms with Crippen LogP contribution in [0.25, 0.3) is 0 Å². The molecule has 2 rings (SSSR count). The molecule has 20 heavy (non-hydrogen) atoms. The molecule has 0 aliphatic rings. The van der Waals surface area contributed by atoms with Crippen molar-refractivity contribution in [1.82, 2.24) is 0 Å². The summed E-state index contributed by atoms with van der Waals surface area (Å²) >= 11 is 3.16. The van der Waals surface area contributed by atoms with E-state index in [4.69, 9.17) is 9.84 Å². The van der Waals surface area contributed by atoms with Crippen molar-refractivity contribution in [3.63, 3.8) is 0 Å². The van der Waals surface area contributed by atoms with E-state index in [9.17, 15) is 14.9 Å². The molecule has 102 valence electrons. The van der Waals surface area contributed by atoms with Crippen LogP contribution in [0, 0.1) is 10.1 Å². The molecular weight excluding hydrogens is 330 g/mol. The number of nitrogens with zero attached hydrogens (tertiary/aromatic N) is 1. The smallest absolute Gasteiger partial charge is 0.339 e. The summed E-state index contributed by atoms with van der Waals surface area (Å²) in [5, 5.41) is 20.0. The second kappa shape index (κ2) is 5.70. The maximum Gasteiger partial charge on any atom is 0.339 e. The molecule has 0 saturated carbocycles. The molecule has 0 bridgehead atoms. The fraction of sp³-hybridized carbons (Fsp3) is 0. The van der Waals surface area contributed by atoms with Crippen molar-refractivity contribution in [2.45, 2.75) is 0 Å². The number of hydrogen-bond donors (Lipinski definition) is 1. The van der Waals surface area contributed by atoms with E-state index in [1.807, 2.05) is 0 Å². The van der Waals surface area contributed by atoms with Gasteiger partial charge in [-0.25, -0.2) is 4.79 Å². The first kappa shape index (κ1) is 14.0. The lowest BCUT2D eigenvalue weighted by atomic mass is 10.2. The molecule has 0 fully saturated rings. The van der Waals surface area contributed by atoms with Gasteiger partial charge in [-0.1, -0.05) is 28.1 Å². The van der Waals surface area contributed by atoms with Gasteiger partial charge in [0.1, 0.15) is 11.3 Å². The highest BCUT2D eigenvalue weighted by atomic mass is 79.9. The number of carbonyl (C=O) groups is 1. The Kier molecular flexibility index (Phi) is 3.99. The van der Waals surface area contributed by atoms with Gasteiger partial charge in [0.15, 0.2) is 0 Å². The van der Waals surface area contributed by atoms with Crippen molar-refractivity contribution in [3.05, 3.63) is 62.6 Å². The number of halogens is 1. The van der Waals surface area contributed by atoms with Crippen LogP contribution in [0.4, 0.5) is 5.69 Å². The van der Waals surface area contributed by atoms with Crippen molar-refractivity contribution in [1.29, 1.82) is 0 Å². The molecule has 0 saturated heterocycles. The second-order valence-corrected chi connectivity index (χ2v) is 4.69. The Morgan fingerprint density at radius 3 is 2.55 bits per heavy atom. The molecule has 0 aliphatic heterocycles. The third-order valence-electron chi connectivity index (χ3n) is 2.45. The van der Waals surface area contributed by atoms with Gasteiger partial charge in [-0.3, -0.25) is 10.1 Å². The van der Waals surface area contributed by atoms with E-state index in [0.29, 0.717) is 4.47 Å². The average Bonchev–Trinajstić information content (AvgIpc) is 2.41. The lowest BCUT2D eigenvalue weighted by Gasteiger charge is -2.09. The zero-order valence-corrected chi connectivity index (χ0v) is 11.5. The highest BCUT2D eigenvalue weighted by molar-refractivity contribution is 9.10. The number of hydrogen-bond acceptors (Lipinski definition) is 4. The highest BCUT2D eigenvalue weighted by Crippen LogP contribution is 2.33. The third kappa shape index (κ3) is 2.94. The Morgan fingerprint density at radius 1 is 1.20 bits per heavy atom. The van der Waals surface area contributed by atoms with Gasteiger partial charge in [0, 0.05) is 10.5 Å². The summed E-state index contributed by atoms with van der Waals surface area (Å²) in [6, 6.07) is 10.2. The van der Waals surface area contributed by atoms with Gasteiger partial charge in [0.25, 0.3) is 0 Å². The van der Waals surface area contributed by atoms with Crippen LogP contribution in [-0.2, 0) is 0 Å². The van der Waals surface area contributed by atoms with Crippen LogP contribution in [0.2, 0.25) is 0 Å². The highest BCUT2D eigenvalue weighted by Gasteiger charge is 2.18. The summed E-state index contributed by atoms with van der Waals surface area (Å²) < 4.78 is 5.95. The van der Waals surface area contributed by atoms with Crippen LogP contribution < -0.4 is 4.74 Å². The first-order valence-corrected chi connectivity index (χ1v) is 6.22. The molecule has 6 nitrogen and oxygen atoms in total. The minimum atomic E-state index is -1.18. The number of aromatic carboxylic acids is 1. The van der Waals surface area contributed by atoms with Crippen LogP contribution in [0.5, 0.6) is 11.5 Å². The molecule has 0 spiro atoms. The van der Waals surface area contributed by atoms with Gasteiger partial charge < -0.3 is 9.84 Å². The van der Waals surface area contributed by atoms with Crippen LogP contribution in [0.3, 0.4) is 0 Å². The van der Waals surface area contributed by atoms with Crippen molar-refractivity contribution < 1.29 is 19.6 Å². The zero-order valence-electron chi connectivity index (χ0n) is 9.95. The van der Waals surface area contributed by atoms with Crippen molar-refractivity contribution in [3.8, 4) is 11.5 Å². The quantitative estimate of drug-likeness (QED) is 0.676. The Labute approximate surface area is 121 Å². The molecule has 0 heterocycles. The zero-order chi connectivity index (χ0) is 14.7. The Balaban J connectivity index is 2.45. The number of rotatable bonds is 4. The lowest BCUT2D eigenvalue weighted by Crippen LogP contribution is -2.01. The predicted molar refractivity (Wildman–Crippen MR) is 74.3 cm³/mol. The predicted octanol–water partition coefficient (Wildman–Crippen LogP) is 3.85. The van der Waals surface area contributed by atoms with Crippen molar-refractivity contribution >= 4 is 27.6 Å². The summed E-state index contributed by atoms with van der Waals surface area (Å²) in [5.41, 5.74) is -0.315. The van der Waals surface area contributed by atoms with E-state index in [2.05, 4.69) is 15.9 Å². The van der Waals surface area contributed by atoms with Crippen LogP contribution in [0.15, 0.2) is 46.9 Å².